The minimum atomic E-state index is -3.34. The van der Waals surface area contributed by atoms with Crippen molar-refractivity contribution in [2.45, 2.75) is 10.8 Å². The Bertz CT molecular complexity index is 510. The minimum absolute atomic E-state index is 0. The molecular weight excluding hydrogens is 387 g/mol. The van der Waals surface area contributed by atoms with Crippen LogP contribution in [0, 0.1) is 0 Å². The lowest BCUT2D eigenvalue weighted by molar-refractivity contribution is 0.523. The van der Waals surface area contributed by atoms with Gasteiger partial charge in [0.2, 0.25) is 0 Å². The maximum absolute atomic E-state index is 11.8. The first-order valence-corrected chi connectivity index (χ1v) is 7.11. The molecule has 0 aliphatic rings. The summed E-state index contributed by atoms with van der Waals surface area (Å²) < 4.78 is 25.1. The van der Waals surface area contributed by atoms with Gasteiger partial charge in [0.1, 0.15) is 4.21 Å². The standard InChI is InChI=1S/C9H16N4O2S2.HI/c1-11-9(10)12-6-7-4-5-8(16-7)17(14,15)13(2)3;/h4-5H,6H2,1-3H3,(H3,10,11,12);1H. The number of guanidine groups is 1. The number of sulfonamides is 1. The van der Waals surface area contributed by atoms with E-state index in [-0.39, 0.29) is 24.0 Å². The molecule has 6 nitrogen and oxygen atoms in total. The highest BCUT2D eigenvalue weighted by Crippen LogP contribution is 2.23. The lowest BCUT2D eigenvalue weighted by Crippen LogP contribution is -2.30. The van der Waals surface area contributed by atoms with Crippen molar-refractivity contribution in [2.24, 2.45) is 10.7 Å². The maximum atomic E-state index is 11.8. The van der Waals surface area contributed by atoms with Gasteiger partial charge in [-0.05, 0) is 12.1 Å². The molecule has 1 rings (SSSR count). The van der Waals surface area contributed by atoms with Crippen molar-refractivity contribution in [3.63, 3.8) is 0 Å². The van der Waals surface area contributed by atoms with Crippen LogP contribution in [0.1, 0.15) is 4.88 Å². The van der Waals surface area contributed by atoms with Crippen molar-refractivity contribution in [1.29, 1.82) is 0 Å². The molecule has 9 heteroatoms. The van der Waals surface area contributed by atoms with E-state index in [4.69, 9.17) is 5.73 Å². The molecule has 1 aromatic heterocycles. The second-order valence-corrected chi connectivity index (χ2v) is 7.02. The molecule has 0 saturated heterocycles. The number of nitrogens with one attached hydrogen (secondary N) is 1. The molecule has 0 amide bonds. The number of hydrogen-bond donors (Lipinski definition) is 2. The van der Waals surface area contributed by atoms with Gasteiger partial charge in [0.15, 0.2) is 5.96 Å². The highest BCUT2D eigenvalue weighted by atomic mass is 127. The quantitative estimate of drug-likeness (QED) is 0.438. The fraction of sp³-hybridized carbons (Fsp3) is 0.444. The van der Waals surface area contributed by atoms with Gasteiger partial charge in [-0.1, -0.05) is 0 Å². The van der Waals surface area contributed by atoms with Gasteiger partial charge in [-0.2, -0.15) is 0 Å². The molecule has 0 atom stereocenters. The van der Waals surface area contributed by atoms with Gasteiger partial charge in [0.05, 0.1) is 6.54 Å². The fourth-order valence-corrected chi connectivity index (χ4v) is 3.49. The van der Waals surface area contributed by atoms with Gasteiger partial charge in [0, 0.05) is 26.0 Å². The van der Waals surface area contributed by atoms with E-state index in [1.807, 2.05) is 0 Å². The van der Waals surface area contributed by atoms with E-state index in [0.717, 1.165) is 4.88 Å². The Morgan fingerprint density at radius 2 is 2.11 bits per heavy atom. The molecule has 3 N–H and O–H groups in total. The second kappa shape index (κ2) is 7.26. The number of halogens is 1. The summed E-state index contributed by atoms with van der Waals surface area (Å²) in [5, 5.41) is 2.87. The number of nitrogens with zero attached hydrogens (tertiary/aromatic N) is 2. The molecular formula is C9H17IN4O2S2. The van der Waals surface area contributed by atoms with Crippen LogP contribution in [0.2, 0.25) is 0 Å². The summed E-state index contributed by atoms with van der Waals surface area (Å²) >= 11 is 1.22. The van der Waals surface area contributed by atoms with Crippen LogP contribution in [0.15, 0.2) is 21.3 Å². The van der Waals surface area contributed by atoms with Crippen LogP contribution in [0.4, 0.5) is 0 Å². The van der Waals surface area contributed by atoms with Gasteiger partial charge < -0.3 is 11.1 Å². The molecule has 0 radical (unpaired) electrons. The molecule has 18 heavy (non-hydrogen) atoms. The predicted molar refractivity (Wildman–Crippen MR) is 85.0 cm³/mol. The summed E-state index contributed by atoms with van der Waals surface area (Å²) in [6.07, 6.45) is 0. The zero-order valence-corrected chi connectivity index (χ0v) is 14.3. The van der Waals surface area contributed by atoms with Crippen molar-refractivity contribution in [3.8, 4) is 0 Å². The summed E-state index contributed by atoms with van der Waals surface area (Å²) in [5.74, 6) is 0.329. The molecule has 1 heterocycles. The third-order valence-electron chi connectivity index (χ3n) is 2.06. The number of rotatable bonds is 4. The zero-order valence-electron chi connectivity index (χ0n) is 10.4. The monoisotopic (exact) mass is 404 g/mol. The molecule has 0 unspecified atom stereocenters. The Kier molecular flexibility index (Phi) is 7.10. The highest BCUT2D eigenvalue weighted by Gasteiger charge is 2.19. The summed E-state index contributed by atoms with van der Waals surface area (Å²) in [5.41, 5.74) is 5.48. The SMILES string of the molecule is CN=C(N)NCc1ccc(S(=O)(=O)N(C)C)s1.I. The van der Waals surface area contributed by atoms with Crippen LogP contribution < -0.4 is 11.1 Å². The van der Waals surface area contributed by atoms with Gasteiger partial charge >= 0.3 is 0 Å². The van der Waals surface area contributed by atoms with E-state index in [1.54, 1.807) is 19.2 Å². The average molecular weight is 404 g/mol. The Labute approximate surface area is 128 Å². The molecule has 1 aromatic rings. The molecule has 0 saturated carbocycles. The van der Waals surface area contributed by atoms with Crippen LogP contribution in [-0.4, -0.2) is 39.8 Å². The average Bonchev–Trinajstić information content (AvgIpc) is 2.74. The molecule has 0 aromatic carbocycles. The number of hydrogen-bond acceptors (Lipinski definition) is 4. The zero-order chi connectivity index (χ0) is 13.1. The first-order valence-electron chi connectivity index (χ1n) is 4.85. The fourth-order valence-electron chi connectivity index (χ4n) is 1.03. The molecule has 0 aliphatic heterocycles. The summed E-state index contributed by atoms with van der Waals surface area (Å²) in [7, 11) is 1.26. The maximum Gasteiger partial charge on any atom is 0.252 e. The molecule has 0 spiro atoms. The Morgan fingerprint density at radius 1 is 1.50 bits per heavy atom. The van der Waals surface area contributed by atoms with E-state index in [0.29, 0.717) is 16.7 Å². The van der Waals surface area contributed by atoms with Gasteiger partial charge in [-0.3, -0.25) is 4.99 Å². The number of thiophene rings is 1. The van der Waals surface area contributed by atoms with Crippen LogP contribution in [-0.2, 0) is 16.6 Å². The van der Waals surface area contributed by atoms with Crippen molar-refractivity contribution in [2.75, 3.05) is 21.1 Å². The van der Waals surface area contributed by atoms with Crippen LogP contribution in [0.3, 0.4) is 0 Å². The van der Waals surface area contributed by atoms with Gasteiger partial charge in [-0.25, -0.2) is 12.7 Å². The Hall–Kier alpha value is -0.390. The van der Waals surface area contributed by atoms with Gasteiger partial charge in [0.25, 0.3) is 10.0 Å². The van der Waals surface area contributed by atoms with E-state index in [9.17, 15) is 8.42 Å². The van der Waals surface area contributed by atoms with E-state index < -0.39 is 10.0 Å². The smallest absolute Gasteiger partial charge is 0.252 e. The lowest BCUT2D eigenvalue weighted by atomic mass is 10.5. The number of nitrogens with two attached hydrogens (primary N) is 1. The summed E-state index contributed by atoms with van der Waals surface area (Å²) in [6.45, 7) is 0.469. The third kappa shape index (κ3) is 4.37. The highest BCUT2D eigenvalue weighted by molar-refractivity contribution is 14.0. The van der Waals surface area contributed by atoms with E-state index in [2.05, 4.69) is 10.3 Å². The topological polar surface area (TPSA) is 87.8 Å². The molecule has 0 fully saturated rings. The van der Waals surface area contributed by atoms with E-state index >= 15 is 0 Å². The summed E-state index contributed by atoms with van der Waals surface area (Å²) in [6, 6.07) is 3.35. The Morgan fingerprint density at radius 3 is 2.61 bits per heavy atom. The van der Waals surface area contributed by atoms with Crippen molar-refractivity contribution in [3.05, 3.63) is 17.0 Å². The summed E-state index contributed by atoms with van der Waals surface area (Å²) in [4.78, 5) is 4.63. The van der Waals surface area contributed by atoms with Crippen molar-refractivity contribution < 1.29 is 8.42 Å². The Balaban J connectivity index is 0.00000289. The molecule has 0 bridgehead atoms. The normalized spacial score (nSPS) is 12.3. The third-order valence-corrected chi connectivity index (χ3v) is 5.42. The predicted octanol–water partition coefficient (Wildman–Crippen LogP) is 0.650. The van der Waals surface area contributed by atoms with Crippen LogP contribution in [0.25, 0.3) is 0 Å². The minimum Gasteiger partial charge on any atom is -0.370 e. The largest absolute Gasteiger partial charge is 0.370 e. The molecule has 0 aliphatic carbocycles. The molecule has 104 valence electrons. The lowest BCUT2D eigenvalue weighted by Gasteiger charge is -2.08. The first-order chi connectivity index (χ1) is 7.87. The number of aliphatic imine (C=N–C) groups is 1. The van der Waals surface area contributed by atoms with Crippen LogP contribution >= 0.6 is 35.3 Å². The van der Waals surface area contributed by atoms with Crippen LogP contribution in [0.5, 0.6) is 0 Å². The van der Waals surface area contributed by atoms with Gasteiger partial charge in [-0.15, -0.1) is 35.3 Å². The first kappa shape index (κ1) is 17.6. The van der Waals surface area contributed by atoms with Crippen molar-refractivity contribution >= 4 is 51.3 Å². The van der Waals surface area contributed by atoms with Crippen molar-refractivity contribution in [1.82, 2.24) is 9.62 Å². The van der Waals surface area contributed by atoms with E-state index in [1.165, 1.54) is 29.7 Å². The second-order valence-electron chi connectivity index (χ2n) is 3.47.